The molecule has 0 aromatic heterocycles. The summed E-state index contributed by atoms with van der Waals surface area (Å²) in [5.74, 6) is -1.13. The number of carboxylic acids is 1. The lowest BCUT2D eigenvalue weighted by Gasteiger charge is -2.24. The number of ether oxygens (including phenoxy) is 1. The summed E-state index contributed by atoms with van der Waals surface area (Å²) in [5, 5.41) is 9.34. The monoisotopic (exact) mass is 328 g/mol. The number of aliphatic carboxylic acids is 1. The van der Waals surface area contributed by atoms with Crippen LogP contribution in [0.3, 0.4) is 0 Å². The van der Waals surface area contributed by atoms with Crippen molar-refractivity contribution in [2.75, 3.05) is 7.11 Å². The van der Waals surface area contributed by atoms with Crippen molar-refractivity contribution in [3.05, 3.63) is 34.3 Å². The quantitative estimate of drug-likeness (QED) is 0.825. The largest absolute Gasteiger partial charge is 0.481 e. The molecule has 0 saturated carbocycles. The van der Waals surface area contributed by atoms with E-state index in [1.54, 1.807) is 7.11 Å². The maximum absolute atomic E-state index is 11.4. The lowest BCUT2D eigenvalue weighted by Crippen LogP contribution is -2.26. The highest BCUT2D eigenvalue weighted by Gasteiger charge is 2.24. The molecule has 0 heterocycles. The highest BCUT2D eigenvalue weighted by Crippen LogP contribution is 2.25. The van der Waals surface area contributed by atoms with Gasteiger partial charge < -0.3 is 9.84 Å². The predicted octanol–water partition coefficient (Wildman–Crippen LogP) is 3.90. The smallest absolute Gasteiger partial charge is 0.306 e. The molecule has 0 radical (unpaired) electrons. The van der Waals surface area contributed by atoms with Gasteiger partial charge in [0, 0.05) is 11.6 Å². The van der Waals surface area contributed by atoms with Crippen molar-refractivity contribution in [3.63, 3.8) is 0 Å². The van der Waals surface area contributed by atoms with Crippen LogP contribution in [0.4, 0.5) is 0 Å². The van der Waals surface area contributed by atoms with E-state index < -0.39 is 5.97 Å². The van der Waals surface area contributed by atoms with Gasteiger partial charge in [-0.1, -0.05) is 34.1 Å². The Morgan fingerprint density at radius 1 is 1.42 bits per heavy atom. The normalized spacial score (nSPS) is 13.3. The first-order chi connectivity index (χ1) is 8.85. The van der Waals surface area contributed by atoms with Crippen LogP contribution in [0.1, 0.15) is 32.3 Å². The molecular weight excluding hydrogens is 308 g/mol. The average molecular weight is 329 g/mol. The van der Waals surface area contributed by atoms with Gasteiger partial charge >= 0.3 is 5.97 Å². The Hall–Kier alpha value is -0.870. The van der Waals surface area contributed by atoms with Gasteiger partial charge in [0.05, 0.1) is 11.5 Å². The van der Waals surface area contributed by atoms with Crippen molar-refractivity contribution in [3.8, 4) is 0 Å². The summed E-state index contributed by atoms with van der Waals surface area (Å²) in [6, 6.07) is 7.75. The van der Waals surface area contributed by atoms with E-state index in [4.69, 9.17) is 4.74 Å². The molecule has 1 unspecified atom stereocenters. The second kappa shape index (κ2) is 7.06. The van der Waals surface area contributed by atoms with Crippen LogP contribution in [0.5, 0.6) is 0 Å². The average Bonchev–Trinajstić information content (AvgIpc) is 2.36. The molecule has 0 fully saturated rings. The molecule has 1 N–H and O–H groups in total. The Balaban J connectivity index is 2.69. The SMILES string of the molecule is COC(C)(C)CCC(Cc1ccccc1Br)C(=O)O. The van der Waals surface area contributed by atoms with E-state index in [9.17, 15) is 9.90 Å². The van der Waals surface area contributed by atoms with Crippen molar-refractivity contribution >= 4 is 21.9 Å². The van der Waals surface area contributed by atoms with Crippen molar-refractivity contribution in [2.45, 2.75) is 38.7 Å². The molecule has 1 atom stereocenters. The van der Waals surface area contributed by atoms with Crippen LogP contribution in [0.15, 0.2) is 28.7 Å². The molecule has 0 aliphatic heterocycles. The summed E-state index contributed by atoms with van der Waals surface area (Å²) in [4.78, 5) is 11.4. The molecule has 0 saturated heterocycles. The fourth-order valence-corrected chi connectivity index (χ4v) is 2.31. The number of methoxy groups -OCH3 is 1. The van der Waals surface area contributed by atoms with E-state index in [0.717, 1.165) is 16.5 Å². The van der Waals surface area contributed by atoms with E-state index >= 15 is 0 Å². The van der Waals surface area contributed by atoms with E-state index in [2.05, 4.69) is 15.9 Å². The van der Waals surface area contributed by atoms with Crippen LogP contribution in [-0.4, -0.2) is 23.8 Å². The molecule has 106 valence electrons. The first-order valence-corrected chi connectivity index (χ1v) is 7.16. The summed E-state index contributed by atoms with van der Waals surface area (Å²) in [5.41, 5.74) is 0.756. The molecule has 0 aliphatic carbocycles. The van der Waals surface area contributed by atoms with Gasteiger partial charge in [-0.15, -0.1) is 0 Å². The fourth-order valence-electron chi connectivity index (χ4n) is 1.87. The predicted molar refractivity (Wildman–Crippen MR) is 79.3 cm³/mol. The lowest BCUT2D eigenvalue weighted by atomic mass is 9.90. The lowest BCUT2D eigenvalue weighted by molar-refractivity contribution is -0.142. The zero-order valence-electron chi connectivity index (χ0n) is 11.6. The number of carboxylic acid groups (broad SMARTS) is 1. The zero-order valence-corrected chi connectivity index (χ0v) is 13.2. The summed E-state index contributed by atoms with van der Waals surface area (Å²) in [6.07, 6.45) is 1.87. The molecule has 3 nitrogen and oxygen atoms in total. The first-order valence-electron chi connectivity index (χ1n) is 6.37. The van der Waals surface area contributed by atoms with Gasteiger partial charge in [-0.3, -0.25) is 4.79 Å². The standard InChI is InChI=1S/C15H21BrO3/c1-15(2,19-3)9-8-12(14(17)18)10-11-6-4-5-7-13(11)16/h4-7,12H,8-10H2,1-3H3,(H,17,18). The second-order valence-electron chi connectivity index (χ2n) is 5.33. The van der Waals surface area contributed by atoms with Crippen molar-refractivity contribution in [2.24, 2.45) is 5.92 Å². The Labute approximate surface area is 123 Å². The van der Waals surface area contributed by atoms with Crippen molar-refractivity contribution in [1.82, 2.24) is 0 Å². The summed E-state index contributed by atoms with van der Waals surface area (Å²) in [6.45, 7) is 3.95. The third-order valence-electron chi connectivity index (χ3n) is 3.42. The van der Waals surface area contributed by atoms with Gasteiger partial charge in [-0.05, 0) is 44.7 Å². The number of rotatable bonds is 7. The maximum Gasteiger partial charge on any atom is 0.306 e. The summed E-state index contributed by atoms with van der Waals surface area (Å²) in [7, 11) is 1.66. The minimum Gasteiger partial charge on any atom is -0.481 e. The molecule has 4 heteroatoms. The fraction of sp³-hybridized carbons (Fsp3) is 0.533. The third kappa shape index (κ3) is 5.33. The topological polar surface area (TPSA) is 46.5 Å². The number of benzene rings is 1. The molecule has 0 amide bonds. The van der Waals surface area contributed by atoms with Gasteiger partial charge in [0.15, 0.2) is 0 Å². The van der Waals surface area contributed by atoms with E-state index in [0.29, 0.717) is 12.8 Å². The van der Waals surface area contributed by atoms with E-state index in [-0.39, 0.29) is 11.5 Å². The van der Waals surface area contributed by atoms with Gasteiger partial charge in [0.25, 0.3) is 0 Å². The minimum absolute atomic E-state index is 0.276. The number of carbonyl (C=O) groups is 1. The van der Waals surface area contributed by atoms with Gasteiger partial charge in [-0.2, -0.15) is 0 Å². The molecule has 0 bridgehead atoms. The number of halogens is 1. The van der Waals surface area contributed by atoms with Gasteiger partial charge in [-0.25, -0.2) is 0 Å². The van der Waals surface area contributed by atoms with Crippen LogP contribution >= 0.6 is 15.9 Å². The molecule has 1 aromatic rings. The van der Waals surface area contributed by atoms with Gasteiger partial charge in [0.1, 0.15) is 0 Å². The van der Waals surface area contributed by atoms with Gasteiger partial charge in [0.2, 0.25) is 0 Å². The summed E-state index contributed by atoms with van der Waals surface area (Å²) >= 11 is 3.46. The number of hydrogen-bond donors (Lipinski definition) is 1. The summed E-state index contributed by atoms with van der Waals surface area (Å²) < 4.78 is 6.30. The van der Waals surface area contributed by atoms with Crippen LogP contribution in [-0.2, 0) is 16.0 Å². The van der Waals surface area contributed by atoms with Crippen LogP contribution in [0.25, 0.3) is 0 Å². The van der Waals surface area contributed by atoms with Crippen molar-refractivity contribution < 1.29 is 14.6 Å². The van der Waals surface area contributed by atoms with Crippen molar-refractivity contribution in [1.29, 1.82) is 0 Å². The molecule has 19 heavy (non-hydrogen) atoms. The van der Waals surface area contributed by atoms with Crippen LogP contribution < -0.4 is 0 Å². The molecule has 1 aromatic carbocycles. The molecule has 0 aliphatic rings. The Kier molecular flexibility index (Phi) is 6.01. The Bertz CT molecular complexity index is 429. The maximum atomic E-state index is 11.4. The molecule has 0 spiro atoms. The second-order valence-corrected chi connectivity index (χ2v) is 6.19. The molecular formula is C15H21BrO3. The first kappa shape index (κ1) is 16.2. The Morgan fingerprint density at radius 3 is 2.58 bits per heavy atom. The van der Waals surface area contributed by atoms with E-state index in [1.165, 1.54) is 0 Å². The highest BCUT2D eigenvalue weighted by atomic mass is 79.9. The Morgan fingerprint density at radius 2 is 2.05 bits per heavy atom. The minimum atomic E-state index is -0.748. The highest BCUT2D eigenvalue weighted by molar-refractivity contribution is 9.10. The molecule has 1 rings (SSSR count). The third-order valence-corrected chi connectivity index (χ3v) is 4.19. The van der Waals surface area contributed by atoms with Crippen LogP contribution in [0.2, 0.25) is 0 Å². The van der Waals surface area contributed by atoms with Crippen LogP contribution in [0, 0.1) is 5.92 Å². The zero-order chi connectivity index (χ0) is 14.5. The van der Waals surface area contributed by atoms with E-state index in [1.807, 2.05) is 38.1 Å². The number of hydrogen-bond acceptors (Lipinski definition) is 2.